The van der Waals surface area contributed by atoms with Crippen LogP contribution in [-0.4, -0.2) is 0 Å². The SMILES string of the molecule is Nc1ccc(-c2c3ccccc3[nH+]c3cc(N)ccc23)cc1. The van der Waals surface area contributed by atoms with E-state index in [9.17, 15) is 0 Å². The fraction of sp³-hybridized carbons (Fsp3) is 0. The van der Waals surface area contributed by atoms with E-state index in [-0.39, 0.29) is 0 Å². The number of hydrogen-bond acceptors (Lipinski definition) is 2. The molecule has 0 aliphatic rings. The van der Waals surface area contributed by atoms with Crippen molar-refractivity contribution in [3.8, 4) is 11.1 Å². The first-order chi connectivity index (χ1) is 10.7. The Hall–Kier alpha value is -3.07. The van der Waals surface area contributed by atoms with Gasteiger partial charge in [-0.1, -0.05) is 24.3 Å². The number of rotatable bonds is 1. The van der Waals surface area contributed by atoms with Gasteiger partial charge >= 0.3 is 0 Å². The molecule has 0 amide bonds. The summed E-state index contributed by atoms with van der Waals surface area (Å²) in [4.78, 5) is 3.47. The Bertz CT molecular complexity index is 989. The maximum atomic E-state index is 5.94. The Labute approximate surface area is 128 Å². The summed E-state index contributed by atoms with van der Waals surface area (Å²) < 4.78 is 0. The van der Waals surface area contributed by atoms with Crippen molar-refractivity contribution in [2.75, 3.05) is 11.5 Å². The number of aromatic nitrogens is 1. The van der Waals surface area contributed by atoms with Crippen LogP contribution in [0.15, 0.2) is 66.7 Å². The lowest BCUT2D eigenvalue weighted by molar-refractivity contribution is -0.310. The lowest BCUT2D eigenvalue weighted by Crippen LogP contribution is -2.07. The topological polar surface area (TPSA) is 66.2 Å². The van der Waals surface area contributed by atoms with E-state index in [1.807, 2.05) is 30.3 Å². The van der Waals surface area contributed by atoms with Crippen LogP contribution in [0.5, 0.6) is 0 Å². The molecule has 0 saturated heterocycles. The second-order valence-electron chi connectivity index (χ2n) is 5.47. The van der Waals surface area contributed by atoms with Crippen molar-refractivity contribution in [1.29, 1.82) is 0 Å². The Morgan fingerprint density at radius 1 is 0.636 bits per heavy atom. The number of pyridine rings is 1. The Morgan fingerprint density at radius 3 is 2.14 bits per heavy atom. The van der Waals surface area contributed by atoms with Gasteiger partial charge in [0.2, 0.25) is 11.0 Å². The summed E-state index contributed by atoms with van der Waals surface area (Å²) in [6.45, 7) is 0. The molecule has 0 spiro atoms. The van der Waals surface area contributed by atoms with E-state index in [4.69, 9.17) is 11.5 Å². The van der Waals surface area contributed by atoms with Crippen molar-refractivity contribution in [2.24, 2.45) is 0 Å². The van der Waals surface area contributed by atoms with Gasteiger partial charge in [-0.3, -0.25) is 0 Å². The number of para-hydroxylation sites is 1. The van der Waals surface area contributed by atoms with Crippen LogP contribution in [0.3, 0.4) is 0 Å². The average molecular weight is 286 g/mol. The molecule has 3 heteroatoms. The number of benzene rings is 3. The van der Waals surface area contributed by atoms with Gasteiger partial charge in [0.05, 0.1) is 10.8 Å². The van der Waals surface area contributed by atoms with Crippen LogP contribution in [-0.2, 0) is 0 Å². The number of anilines is 2. The number of fused-ring (bicyclic) bond motifs is 2. The molecule has 0 aliphatic heterocycles. The van der Waals surface area contributed by atoms with Gasteiger partial charge in [-0.25, -0.2) is 4.98 Å². The van der Waals surface area contributed by atoms with Crippen molar-refractivity contribution < 1.29 is 4.98 Å². The van der Waals surface area contributed by atoms with E-state index in [0.29, 0.717) is 0 Å². The van der Waals surface area contributed by atoms with Gasteiger partial charge < -0.3 is 11.5 Å². The summed E-state index contributed by atoms with van der Waals surface area (Å²) in [5.74, 6) is 0. The second kappa shape index (κ2) is 4.74. The number of nitrogens with one attached hydrogen (secondary N) is 1. The summed E-state index contributed by atoms with van der Waals surface area (Å²) in [6.07, 6.45) is 0. The van der Waals surface area contributed by atoms with Crippen LogP contribution < -0.4 is 16.5 Å². The summed E-state index contributed by atoms with van der Waals surface area (Å²) >= 11 is 0. The largest absolute Gasteiger partial charge is 0.399 e. The van der Waals surface area contributed by atoms with Crippen LogP contribution >= 0.6 is 0 Å². The summed E-state index contributed by atoms with van der Waals surface area (Å²) in [6, 6.07) is 22.3. The minimum atomic E-state index is 0.752. The van der Waals surface area contributed by atoms with Gasteiger partial charge in [0, 0.05) is 29.1 Å². The van der Waals surface area contributed by atoms with Crippen molar-refractivity contribution in [3.63, 3.8) is 0 Å². The molecule has 1 heterocycles. The highest BCUT2D eigenvalue weighted by molar-refractivity contribution is 6.07. The molecule has 3 aromatic carbocycles. The Kier molecular flexibility index (Phi) is 2.73. The summed E-state index contributed by atoms with van der Waals surface area (Å²) in [7, 11) is 0. The van der Waals surface area contributed by atoms with Gasteiger partial charge in [0.15, 0.2) is 0 Å². The minimum Gasteiger partial charge on any atom is -0.399 e. The standard InChI is InChI=1S/C19H15N3/c20-13-7-5-12(6-8-13)19-15-3-1-2-4-17(15)22-18-11-14(21)9-10-16(18)19/h1-11H,20-21H2/p+1. The highest BCUT2D eigenvalue weighted by atomic mass is 14.7. The van der Waals surface area contributed by atoms with Crippen LogP contribution in [0.2, 0.25) is 0 Å². The van der Waals surface area contributed by atoms with E-state index in [1.54, 1.807) is 0 Å². The van der Waals surface area contributed by atoms with E-state index in [1.165, 1.54) is 10.9 Å². The molecule has 0 saturated carbocycles. The van der Waals surface area contributed by atoms with Crippen molar-refractivity contribution in [1.82, 2.24) is 0 Å². The molecule has 5 N–H and O–H groups in total. The van der Waals surface area contributed by atoms with Gasteiger partial charge in [-0.15, -0.1) is 0 Å². The fourth-order valence-electron chi connectivity index (χ4n) is 2.94. The molecule has 0 atom stereocenters. The highest BCUT2D eigenvalue weighted by Gasteiger charge is 2.15. The minimum absolute atomic E-state index is 0.752. The van der Waals surface area contributed by atoms with E-state index in [2.05, 4.69) is 41.4 Å². The third-order valence-electron chi connectivity index (χ3n) is 3.98. The van der Waals surface area contributed by atoms with Gasteiger partial charge in [-0.2, -0.15) is 0 Å². The fourth-order valence-corrected chi connectivity index (χ4v) is 2.94. The first-order valence-electron chi connectivity index (χ1n) is 7.21. The quantitative estimate of drug-likeness (QED) is 0.414. The number of H-pyrrole nitrogens is 1. The third kappa shape index (κ3) is 1.95. The maximum absolute atomic E-state index is 5.94. The van der Waals surface area contributed by atoms with Crippen molar-refractivity contribution in [2.45, 2.75) is 0 Å². The molecular weight excluding hydrogens is 270 g/mol. The first-order valence-corrected chi connectivity index (χ1v) is 7.21. The summed E-state index contributed by atoms with van der Waals surface area (Å²) in [5.41, 5.74) is 17.8. The molecule has 0 radical (unpaired) electrons. The van der Waals surface area contributed by atoms with Crippen LogP contribution in [0.4, 0.5) is 11.4 Å². The monoisotopic (exact) mass is 286 g/mol. The molecule has 106 valence electrons. The number of aromatic amines is 1. The lowest BCUT2D eigenvalue weighted by Gasteiger charge is -2.08. The summed E-state index contributed by atoms with van der Waals surface area (Å²) in [5, 5.41) is 2.34. The van der Waals surface area contributed by atoms with Crippen LogP contribution in [0.25, 0.3) is 32.9 Å². The number of nitrogens with two attached hydrogens (primary N) is 2. The van der Waals surface area contributed by atoms with Crippen molar-refractivity contribution in [3.05, 3.63) is 66.7 Å². The normalized spacial score (nSPS) is 11.1. The molecule has 0 aliphatic carbocycles. The van der Waals surface area contributed by atoms with Crippen LogP contribution in [0.1, 0.15) is 0 Å². The molecule has 1 aromatic heterocycles. The molecule has 0 bridgehead atoms. The predicted octanol–water partition coefficient (Wildman–Crippen LogP) is 3.64. The van der Waals surface area contributed by atoms with Crippen molar-refractivity contribution >= 4 is 33.2 Å². The molecule has 22 heavy (non-hydrogen) atoms. The second-order valence-corrected chi connectivity index (χ2v) is 5.47. The molecule has 4 aromatic rings. The van der Waals surface area contributed by atoms with Gasteiger partial charge in [0.25, 0.3) is 0 Å². The Balaban J connectivity index is 2.18. The molecule has 4 rings (SSSR count). The smallest absolute Gasteiger partial charge is 0.214 e. The van der Waals surface area contributed by atoms with E-state index < -0.39 is 0 Å². The van der Waals surface area contributed by atoms with Gasteiger partial charge in [-0.05, 0) is 35.9 Å². The molecule has 0 unspecified atom stereocenters. The third-order valence-corrected chi connectivity index (χ3v) is 3.98. The zero-order chi connectivity index (χ0) is 15.1. The number of hydrogen-bond donors (Lipinski definition) is 2. The molecular formula is C19H16N3+. The van der Waals surface area contributed by atoms with Crippen LogP contribution in [0, 0.1) is 0 Å². The zero-order valence-corrected chi connectivity index (χ0v) is 12.0. The molecule has 3 nitrogen and oxygen atoms in total. The zero-order valence-electron chi connectivity index (χ0n) is 12.0. The number of nitrogen functional groups attached to an aromatic ring is 2. The van der Waals surface area contributed by atoms with Gasteiger partial charge in [0.1, 0.15) is 0 Å². The average Bonchev–Trinajstić information content (AvgIpc) is 2.53. The highest BCUT2D eigenvalue weighted by Crippen LogP contribution is 2.34. The maximum Gasteiger partial charge on any atom is 0.214 e. The Morgan fingerprint density at radius 2 is 1.32 bits per heavy atom. The first kappa shape index (κ1) is 12.7. The molecule has 0 fully saturated rings. The lowest BCUT2D eigenvalue weighted by atomic mass is 9.96. The predicted molar refractivity (Wildman–Crippen MR) is 92.3 cm³/mol. The van der Waals surface area contributed by atoms with E-state index >= 15 is 0 Å². The van der Waals surface area contributed by atoms with E-state index in [0.717, 1.165) is 33.4 Å².